The molecule has 0 saturated heterocycles. The second kappa shape index (κ2) is 6.81. The fourth-order valence-electron chi connectivity index (χ4n) is 2.53. The molecule has 0 heterocycles. The van der Waals surface area contributed by atoms with E-state index < -0.39 is 15.8 Å². The molecule has 2 aromatic carbocycles. The lowest BCUT2D eigenvalue weighted by Crippen LogP contribution is -2.29. The van der Waals surface area contributed by atoms with Crippen LogP contribution in [0.4, 0.5) is 4.39 Å². The van der Waals surface area contributed by atoms with Crippen molar-refractivity contribution in [3.8, 4) is 0 Å². The van der Waals surface area contributed by atoms with E-state index in [0.29, 0.717) is 12.0 Å². The van der Waals surface area contributed by atoms with Gasteiger partial charge in [-0.1, -0.05) is 25.1 Å². The molecule has 2 rings (SSSR count). The van der Waals surface area contributed by atoms with Gasteiger partial charge in [0.25, 0.3) is 0 Å². The van der Waals surface area contributed by atoms with Gasteiger partial charge in [-0.05, 0) is 67.6 Å². The summed E-state index contributed by atoms with van der Waals surface area (Å²) in [5, 5.41) is 0. The Bertz CT molecular complexity index is 816. The largest absolute Gasteiger partial charge is 0.241 e. The van der Waals surface area contributed by atoms with E-state index in [9.17, 15) is 12.8 Å². The Morgan fingerprint density at radius 3 is 2.26 bits per heavy atom. The van der Waals surface area contributed by atoms with Crippen LogP contribution in [0.2, 0.25) is 0 Å². The van der Waals surface area contributed by atoms with Gasteiger partial charge in [0.05, 0.1) is 4.90 Å². The number of nitrogens with one attached hydrogen (secondary N) is 1. The molecule has 1 unspecified atom stereocenters. The van der Waals surface area contributed by atoms with Gasteiger partial charge in [0.15, 0.2) is 0 Å². The van der Waals surface area contributed by atoms with Crippen LogP contribution in [0.15, 0.2) is 41.3 Å². The molecule has 0 aromatic heterocycles. The van der Waals surface area contributed by atoms with Crippen molar-refractivity contribution in [2.75, 3.05) is 0 Å². The van der Waals surface area contributed by atoms with Crippen molar-refractivity contribution in [1.82, 2.24) is 4.72 Å². The van der Waals surface area contributed by atoms with Crippen LogP contribution in [0, 0.1) is 26.6 Å². The summed E-state index contributed by atoms with van der Waals surface area (Å²) in [6, 6.07) is 9.32. The molecule has 2 aromatic rings. The first kappa shape index (κ1) is 17.6. The third-order valence-corrected chi connectivity index (χ3v) is 5.70. The first-order valence-corrected chi connectivity index (χ1v) is 9.08. The van der Waals surface area contributed by atoms with Gasteiger partial charge in [0.1, 0.15) is 5.82 Å². The van der Waals surface area contributed by atoms with E-state index in [1.807, 2.05) is 39.0 Å². The van der Waals surface area contributed by atoms with Crippen LogP contribution >= 0.6 is 0 Å². The number of hydrogen-bond donors (Lipinski definition) is 1. The first-order chi connectivity index (χ1) is 10.7. The molecule has 0 fully saturated rings. The highest BCUT2D eigenvalue weighted by Gasteiger charge is 2.22. The zero-order valence-electron chi connectivity index (χ0n) is 13.9. The van der Waals surface area contributed by atoms with E-state index in [1.54, 1.807) is 6.92 Å². The first-order valence-electron chi connectivity index (χ1n) is 7.60. The maximum atomic E-state index is 13.2. The molecule has 5 heteroatoms. The van der Waals surface area contributed by atoms with E-state index in [0.717, 1.165) is 11.1 Å². The van der Waals surface area contributed by atoms with Crippen LogP contribution in [0.5, 0.6) is 0 Å². The summed E-state index contributed by atoms with van der Waals surface area (Å²) < 4.78 is 41.2. The Kier molecular flexibility index (Phi) is 5.22. The van der Waals surface area contributed by atoms with Crippen LogP contribution in [-0.2, 0) is 10.0 Å². The van der Waals surface area contributed by atoms with E-state index in [4.69, 9.17) is 0 Å². The summed E-state index contributed by atoms with van der Waals surface area (Å²) in [5.74, 6) is -0.442. The maximum absolute atomic E-state index is 13.2. The lowest BCUT2D eigenvalue weighted by Gasteiger charge is -2.19. The molecule has 0 aliphatic rings. The standard InChI is InChI=1S/C18H22FNO2S/c1-5-17(15-7-6-12(2)13(3)10-15)20-23(21,22)18-9-8-16(19)11-14(18)4/h6-11,17,20H,5H2,1-4H3. The molecule has 0 bridgehead atoms. The number of rotatable bonds is 5. The molecular weight excluding hydrogens is 313 g/mol. The lowest BCUT2D eigenvalue weighted by atomic mass is 10.0. The quantitative estimate of drug-likeness (QED) is 0.891. The summed E-state index contributed by atoms with van der Waals surface area (Å²) in [6.45, 7) is 7.55. The molecule has 124 valence electrons. The molecule has 0 radical (unpaired) electrons. The SMILES string of the molecule is CCC(NS(=O)(=O)c1ccc(F)cc1C)c1ccc(C)c(C)c1. The summed E-state index contributed by atoms with van der Waals surface area (Å²) >= 11 is 0. The highest BCUT2D eigenvalue weighted by atomic mass is 32.2. The topological polar surface area (TPSA) is 46.2 Å². The number of halogens is 1. The Morgan fingerprint density at radius 1 is 1.00 bits per heavy atom. The fourth-order valence-corrected chi connectivity index (χ4v) is 4.07. The van der Waals surface area contributed by atoms with E-state index in [-0.39, 0.29) is 10.9 Å². The summed E-state index contributed by atoms with van der Waals surface area (Å²) in [5.41, 5.74) is 3.62. The minimum absolute atomic E-state index is 0.112. The third-order valence-electron chi connectivity index (χ3n) is 4.07. The highest BCUT2D eigenvalue weighted by molar-refractivity contribution is 7.89. The van der Waals surface area contributed by atoms with Gasteiger partial charge < -0.3 is 0 Å². The zero-order valence-corrected chi connectivity index (χ0v) is 14.7. The number of aryl methyl sites for hydroxylation is 3. The van der Waals surface area contributed by atoms with Crippen LogP contribution in [0.1, 0.15) is 41.6 Å². The summed E-state index contributed by atoms with van der Waals surface area (Å²) in [7, 11) is -3.71. The zero-order chi connectivity index (χ0) is 17.2. The Labute approximate surface area is 137 Å². The highest BCUT2D eigenvalue weighted by Crippen LogP contribution is 2.24. The Morgan fingerprint density at radius 2 is 1.70 bits per heavy atom. The fraction of sp³-hybridized carbons (Fsp3) is 0.333. The Balaban J connectivity index is 2.35. The molecular formula is C18H22FNO2S. The second-order valence-electron chi connectivity index (χ2n) is 5.84. The molecule has 0 aliphatic carbocycles. The van der Waals surface area contributed by atoms with Gasteiger partial charge in [-0.25, -0.2) is 17.5 Å². The molecule has 1 N–H and O–H groups in total. The average Bonchev–Trinajstić information content (AvgIpc) is 2.47. The van der Waals surface area contributed by atoms with Gasteiger partial charge in [-0.3, -0.25) is 0 Å². The van der Waals surface area contributed by atoms with Gasteiger partial charge in [0.2, 0.25) is 10.0 Å². The van der Waals surface area contributed by atoms with Crippen molar-refractivity contribution in [2.24, 2.45) is 0 Å². The molecule has 0 amide bonds. The van der Waals surface area contributed by atoms with Crippen LogP contribution in [0.3, 0.4) is 0 Å². The van der Waals surface area contributed by atoms with Crippen molar-refractivity contribution >= 4 is 10.0 Å². The van der Waals surface area contributed by atoms with E-state index in [1.165, 1.54) is 23.8 Å². The van der Waals surface area contributed by atoms with Gasteiger partial charge in [0, 0.05) is 6.04 Å². The lowest BCUT2D eigenvalue weighted by molar-refractivity contribution is 0.549. The molecule has 0 saturated carbocycles. The molecule has 0 aliphatic heterocycles. The number of hydrogen-bond acceptors (Lipinski definition) is 2. The van der Waals surface area contributed by atoms with Gasteiger partial charge in [-0.15, -0.1) is 0 Å². The third kappa shape index (κ3) is 3.98. The van der Waals surface area contributed by atoms with Crippen molar-refractivity contribution < 1.29 is 12.8 Å². The Hall–Kier alpha value is -1.72. The maximum Gasteiger partial charge on any atom is 0.241 e. The van der Waals surface area contributed by atoms with Gasteiger partial charge in [-0.2, -0.15) is 0 Å². The molecule has 0 spiro atoms. The van der Waals surface area contributed by atoms with E-state index >= 15 is 0 Å². The predicted octanol–water partition coefficient (Wildman–Crippen LogP) is 4.18. The number of benzene rings is 2. The number of sulfonamides is 1. The minimum Gasteiger partial charge on any atom is -0.207 e. The monoisotopic (exact) mass is 335 g/mol. The summed E-state index contributed by atoms with van der Waals surface area (Å²) in [6.07, 6.45) is 0.627. The van der Waals surface area contributed by atoms with Gasteiger partial charge >= 0.3 is 0 Å². The molecule has 23 heavy (non-hydrogen) atoms. The molecule has 1 atom stereocenters. The average molecular weight is 335 g/mol. The smallest absolute Gasteiger partial charge is 0.207 e. The van der Waals surface area contributed by atoms with Crippen molar-refractivity contribution in [1.29, 1.82) is 0 Å². The summed E-state index contributed by atoms with van der Waals surface area (Å²) in [4.78, 5) is 0.112. The van der Waals surface area contributed by atoms with E-state index in [2.05, 4.69) is 4.72 Å². The van der Waals surface area contributed by atoms with Crippen LogP contribution in [0.25, 0.3) is 0 Å². The van der Waals surface area contributed by atoms with Crippen LogP contribution < -0.4 is 4.72 Å². The second-order valence-corrected chi connectivity index (χ2v) is 7.52. The van der Waals surface area contributed by atoms with Crippen molar-refractivity contribution in [2.45, 2.75) is 45.1 Å². The van der Waals surface area contributed by atoms with Crippen LogP contribution in [-0.4, -0.2) is 8.42 Å². The normalized spacial score (nSPS) is 13.1. The predicted molar refractivity (Wildman–Crippen MR) is 90.4 cm³/mol. The van der Waals surface area contributed by atoms with Crippen molar-refractivity contribution in [3.05, 3.63) is 64.5 Å². The molecule has 3 nitrogen and oxygen atoms in total. The van der Waals surface area contributed by atoms with Crippen molar-refractivity contribution in [3.63, 3.8) is 0 Å². The minimum atomic E-state index is -3.71.